The number of nitrogens with zero attached hydrogens (tertiary/aromatic N) is 1. The zero-order valence-electron chi connectivity index (χ0n) is 13.6. The largest absolute Gasteiger partial charge is 0.354 e. The van der Waals surface area contributed by atoms with E-state index in [2.05, 4.69) is 5.32 Å². The molecule has 0 aliphatic carbocycles. The molecular formula is C15H30ClN3O2. The third-order valence-electron chi connectivity index (χ3n) is 3.86. The third kappa shape index (κ3) is 6.66. The van der Waals surface area contributed by atoms with Crippen LogP contribution >= 0.6 is 12.4 Å². The summed E-state index contributed by atoms with van der Waals surface area (Å²) in [5.74, 6) is 0.133. The Bertz CT molecular complexity index is 355. The number of rotatable bonds is 5. The van der Waals surface area contributed by atoms with Crippen molar-refractivity contribution in [3.8, 4) is 0 Å². The lowest BCUT2D eigenvalue weighted by molar-refractivity contribution is -0.139. The van der Waals surface area contributed by atoms with Crippen LogP contribution in [-0.4, -0.2) is 41.9 Å². The van der Waals surface area contributed by atoms with Gasteiger partial charge < -0.3 is 16.0 Å². The van der Waals surface area contributed by atoms with Gasteiger partial charge in [-0.1, -0.05) is 13.8 Å². The quantitative estimate of drug-likeness (QED) is 0.807. The molecule has 0 saturated carbocycles. The van der Waals surface area contributed by atoms with Crippen LogP contribution in [0.2, 0.25) is 0 Å². The van der Waals surface area contributed by atoms with E-state index in [-0.39, 0.29) is 36.1 Å². The van der Waals surface area contributed by atoms with Gasteiger partial charge in [0.15, 0.2) is 0 Å². The Kier molecular flexibility index (Phi) is 8.26. The second-order valence-electron chi connectivity index (χ2n) is 6.64. The van der Waals surface area contributed by atoms with Crippen LogP contribution in [0.3, 0.4) is 0 Å². The van der Waals surface area contributed by atoms with Crippen LogP contribution in [0.25, 0.3) is 0 Å². The van der Waals surface area contributed by atoms with Gasteiger partial charge >= 0.3 is 0 Å². The second kappa shape index (κ2) is 8.59. The van der Waals surface area contributed by atoms with Crippen molar-refractivity contribution in [2.24, 2.45) is 17.6 Å². The topological polar surface area (TPSA) is 75.4 Å². The summed E-state index contributed by atoms with van der Waals surface area (Å²) in [6.45, 7) is 9.50. The molecule has 2 unspecified atom stereocenters. The maximum Gasteiger partial charge on any atom is 0.225 e. The van der Waals surface area contributed by atoms with E-state index in [1.807, 2.05) is 32.6 Å². The number of carbonyl (C=O) groups excluding carboxylic acids is 2. The highest BCUT2D eigenvalue weighted by Gasteiger charge is 2.30. The van der Waals surface area contributed by atoms with E-state index in [0.29, 0.717) is 13.1 Å². The monoisotopic (exact) mass is 319 g/mol. The number of nitrogens with one attached hydrogen (secondary N) is 1. The smallest absolute Gasteiger partial charge is 0.225 e. The minimum Gasteiger partial charge on any atom is -0.354 e. The number of carbonyl (C=O) groups is 2. The molecule has 1 heterocycles. The highest BCUT2D eigenvalue weighted by molar-refractivity contribution is 5.85. The number of halogens is 1. The summed E-state index contributed by atoms with van der Waals surface area (Å²) in [6, 6.07) is 0. The number of hydrogen-bond acceptors (Lipinski definition) is 3. The summed E-state index contributed by atoms with van der Waals surface area (Å²) in [5.41, 5.74) is 5.46. The summed E-state index contributed by atoms with van der Waals surface area (Å²) in [4.78, 5) is 26.2. The van der Waals surface area contributed by atoms with Gasteiger partial charge in [0.05, 0.1) is 5.92 Å². The zero-order valence-corrected chi connectivity index (χ0v) is 14.5. The minimum atomic E-state index is -0.406. The number of hydrogen-bond donors (Lipinski definition) is 2. The predicted octanol–water partition coefficient (Wildman–Crippen LogP) is 1.55. The normalized spacial score (nSPS) is 20.4. The molecule has 0 aromatic heterocycles. The molecule has 2 atom stereocenters. The molecular weight excluding hydrogens is 290 g/mol. The van der Waals surface area contributed by atoms with Crippen molar-refractivity contribution in [2.45, 2.75) is 52.5 Å². The summed E-state index contributed by atoms with van der Waals surface area (Å²) in [7, 11) is 0. The standard InChI is InChI=1S/C15H29N3O2.ClH/c1-5-11(2)14(20)18-8-6-7-12(9-18)13(19)17-10-15(3,4)16;/h11-12H,5-10,16H2,1-4H3,(H,17,19);1H. The molecule has 6 heteroatoms. The third-order valence-corrected chi connectivity index (χ3v) is 3.86. The molecule has 21 heavy (non-hydrogen) atoms. The molecule has 1 rings (SSSR count). The molecule has 124 valence electrons. The lowest BCUT2D eigenvalue weighted by Crippen LogP contribution is -2.50. The van der Waals surface area contributed by atoms with Gasteiger partial charge in [0, 0.05) is 31.1 Å². The first kappa shape index (κ1) is 20.2. The van der Waals surface area contributed by atoms with Gasteiger partial charge in [-0.3, -0.25) is 9.59 Å². The Balaban J connectivity index is 0.00000400. The fourth-order valence-corrected chi connectivity index (χ4v) is 2.34. The van der Waals surface area contributed by atoms with Crippen LogP contribution in [0.4, 0.5) is 0 Å². The van der Waals surface area contributed by atoms with Crippen molar-refractivity contribution >= 4 is 24.2 Å². The summed E-state index contributed by atoms with van der Waals surface area (Å²) < 4.78 is 0. The van der Waals surface area contributed by atoms with E-state index in [0.717, 1.165) is 25.8 Å². The fourth-order valence-electron chi connectivity index (χ4n) is 2.34. The fraction of sp³-hybridized carbons (Fsp3) is 0.867. The van der Waals surface area contributed by atoms with Gasteiger partial charge in [-0.2, -0.15) is 0 Å². The lowest BCUT2D eigenvalue weighted by atomic mass is 9.95. The zero-order chi connectivity index (χ0) is 15.3. The molecule has 0 aromatic rings. The van der Waals surface area contributed by atoms with Gasteiger partial charge in [-0.05, 0) is 33.1 Å². The van der Waals surface area contributed by atoms with Crippen molar-refractivity contribution in [3.63, 3.8) is 0 Å². The Morgan fingerprint density at radius 2 is 2.05 bits per heavy atom. The van der Waals surface area contributed by atoms with Gasteiger partial charge in [0.2, 0.25) is 11.8 Å². The van der Waals surface area contributed by atoms with Crippen LogP contribution in [0.5, 0.6) is 0 Å². The molecule has 5 nitrogen and oxygen atoms in total. The average molecular weight is 320 g/mol. The predicted molar refractivity (Wildman–Crippen MR) is 87.3 cm³/mol. The van der Waals surface area contributed by atoms with Crippen LogP contribution in [0.15, 0.2) is 0 Å². The molecule has 2 amide bonds. The minimum absolute atomic E-state index is 0. The Labute approximate surface area is 134 Å². The first-order chi connectivity index (χ1) is 9.24. The summed E-state index contributed by atoms with van der Waals surface area (Å²) in [6.07, 6.45) is 2.58. The van der Waals surface area contributed by atoms with Gasteiger partial charge in [0.25, 0.3) is 0 Å². The number of nitrogens with two attached hydrogens (primary N) is 1. The van der Waals surface area contributed by atoms with Crippen LogP contribution in [0.1, 0.15) is 47.0 Å². The molecule has 1 aliphatic heterocycles. The molecule has 0 radical (unpaired) electrons. The molecule has 0 aromatic carbocycles. The molecule has 1 fully saturated rings. The van der Waals surface area contributed by atoms with E-state index in [1.54, 1.807) is 0 Å². The maximum absolute atomic E-state index is 12.2. The number of piperidine rings is 1. The second-order valence-corrected chi connectivity index (χ2v) is 6.64. The number of likely N-dealkylation sites (tertiary alicyclic amines) is 1. The Hall–Kier alpha value is -0.810. The van der Waals surface area contributed by atoms with Crippen molar-refractivity contribution in [1.82, 2.24) is 10.2 Å². The van der Waals surface area contributed by atoms with Crippen molar-refractivity contribution in [3.05, 3.63) is 0 Å². The first-order valence-electron chi connectivity index (χ1n) is 7.60. The molecule has 0 bridgehead atoms. The molecule has 0 spiro atoms. The summed E-state index contributed by atoms with van der Waals surface area (Å²) in [5, 5.41) is 2.89. The highest BCUT2D eigenvalue weighted by Crippen LogP contribution is 2.19. The molecule has 3 N–H and O–H groups in total. The van der Waals surface area contributed by atoms with Crippen LogP contribution < -0.4 is 11.1 Å². The maximum atomic E-state index is 12.2. The molecule has 1 saturated heterocycles. The summed E-state index contributed by atoms with van der Waals surface area (Å²) >= 11 is 0. The number of amides is 2. The average Bonchev–Trinajstić information content (AvgIpc) is 2.42. The van der Waals surface area contributed by atoms with E-state index < -0.39 is 5.54 Å². The van der Waals surface area contributed by atoms with E-state index in [1.165, 1.54) is 0 Å². The molecule has 1 aliphatic rings. The van der Waals surface area contributed by atoms with Gasteiger partial charge in [-0.25, -0.2) is 0 Å². The van der Waals surface area contributed by atoms with Crippen LogP contribution in [-0.2, 0) is 9.59 Å². The highest BCUT2D eigenvalue weighted by atomic mass is 35.5. The van der Waals surface area contributed by atoms with Crippen LogP contribution in [0, 0.1) is 11.8 Å². The van der Waals surface area contributed by atoms with Crippen molar-refractivity contribution < 1.29 is 9.59 Å². The van der Waals surface area contributed by atoms with E-state index in [4.69, 9.17) is 5.73 Å². The Morgan fingerprint density at radius 3 is 2.57 bits per heavy atom. The van der Waals surface area contributed by atoms with E-state index >= 15 is 0 Å². The van der Waals surface area contributed by atoms with Gasteiger partial charge in [0.1, 0.15) is 0 Å². The van der Waals surface area contributed by atoms with Gasteiger partial charge in [-0.15, -0.1) is 12.4 Å². The Morgan fingerprint density at radius 1 is 1.43 bits per heavy atom. The first-order valence-corrected chi connectivity index (χ1v) is 7.60. The lowest BCUT2D eigenvalue weighted by Gasteiger charge is -2.34. The SMILES string of the molecule is CCC(C)C(=O)N1CCCC(C(=O)NCC(C)(C)N)C1.Cl. The van der Waals surface area contributed by atoms with Crippen molar-refractivity contribution in [2.75, 3.05) is 19.6 Å². The van der Waals surface area contributed by atoms with Crippen molar-refractivity contribution in [1.29, 1.82) is 0 Å². The van der Waals surface area contributed by atoms with E-state index in [9.17, 15) is 9.59 Å².